The molecule has 0 aliphatic heterocycles. The zero-order chi connectivity index (χ0) is 17.8. The van der Waals surface area contributed by atoms with Crippen molar-refractivity contribution in [2.45, 2.75) is 44.6 Å². The maximum Gasteiger partial charge on any atom is 0.249 e. The number of amides is 1. The van der Waals surface area contributed by atoms with E-state index in [9.17, 15) is 4.79 Å². The number of hydrogen-bond donors (Lipinski definition) is 2. The van der Waals surface area contributed by atoms with Crippen LogP contribution in [-0.4, -0.2) is 31.5 Å². The van der Waals surface area contributed by atoms with Gasteiger partial charge in [0.15, 0.2) is 5.65 Å². The minimum absolute atomic E-state index is 0.157. The lowest BCUT2D eigenvalue weighted by Gasteiger charge is -2.23. The average molecular weight is 350 g/mol. The molecule has 7 nitrogen and oxygen atoms in total. The van der Waals surface area contributed by atoms with E-state index in [2.05, 4.69) is 25.7 Å². The summed E-state index contributed by atoms with van der Waals surface area (Å²) in [6, 6.07) is 8.12. The molecule has 1 fully saturated rings. The fourth-order valence-corrected chi connectivity index (χ4v) is 3.40. The topological polar surface area (TPSA) is 84.2 Å². The molecule has 0 spiro atoms. The first-order chi connectivity index (χ1) is 12.8. The first kappa shape index (κ1) is 16.5. The molecular formula is C19H22N6O. The van der Waals surface area contributed by atoms with Crippen LogP contribution in [0.2, 0.25) is 0 Å². The van der Waals surface area contributed by atoms with Crippen molar-refractivity contribution in [3.63, 3.8) is 0 Å². The highest BCUT2D eigenvalue weighted by molar-refractivity contribution is 5.91. The molecule has 2 N–H and O–H groups in total. The zero-order valence-electron chi connectivity index (χ0n) is 14.6. The van der Waals surface area contributed by atoms with Crippen molar-refractivity contribution in [1.29, 1.82) is 0 Å². The highest BCUT2D eigenvalue weighted by Crippen LogP contribution is 2.24. The second-order valence-corrected chi connectivity index (χ2v) is 6.69. The summed E-state index contributed by atoms with van der Waals surface area (Å²) in [5.41, 5.74) is 2.54. The SMILES string of the molecule is O=C(Cc1cccnc1)Nc1nc2c(NC3CCCCC3)cccn2n1. The van der Waals surface area contributed by atoms with Gasteiger partial charge in [-0.15, -0.1) is 5.10 Å². The minimum Gasteiger partial charge on any atom is -0.379 e. The van der Waals surface area contributed by atoms with Crippen LogP contribution in [0.25, 0.3) is 5.65 Å². The van der Waals surface area contributed by atoms with Crippen LogP contribution in [0.15, 0.2) is 42.9 Å². The van der Waals surface area contributed by atoms with Crippen LogP contribution in [0.1, 0.15) is 37.7 Å². The van der Waals surface area contributed by atoms with E-state index in [1.807, 2.05) is 30.5 Å². The Morgan fingerprint density at radius 1 is 1.19 bits per heavy atom. The predicted molar refractivity (Wildman–Crippen MR) is 100 cm³/mol. The Bertz CT molecular complexity index is 885. The van der Waals surface area contributed by atoms with Crippen molar-refractivity contribution in [3.05, 3.63) is 48.4 Å². The number of carbonyl (C=O) groups excluding carboxylic acids is 1. The molecule has 0 bridgehead atoms. The summed E-state index contributed by atoms with van der Waals surface area (Å²) in [6.45, 7) is 0. The highest BCUT2D eigenvalue weighted by Gasteiger charge is 2.16. The molecular weight excluding hydrogens is 328 g/mol. The van der Waals surface area contributed by atoms with Crippen molar-refractivity contribution in [3.8, 4) is 0 Å². The fraction of sp³-hybridized carbons (Fsp3) is 0.368. The molecule has 3 aromatic rings. The Hall–Kier alpha value is -2.96. The molecule has 0 saturated heterocycles. The lowest BCUT2D eigenvalue weighted by Crippen LogP contribution is -2.22. The van der Waals surface area contributed by atoms with Gasteiger partial charge in [-0.2, -0.15) is 4.98 Å². The van der Waals surface area contributed by atoms with Gasteiger partial charge in [0.1, 0.15) is 0 Å². The summed E-state index contributed by atoms with van der Waals surface area (Å²) in [7, 11) is 0. The second kappa shape index (κ2) is 7.51. The number of rotatable bonds is 5. The van der Waals surface area contributed by atoms with Crippen LogP contribution in [-0.2, 0) is 11.2 Å². The molecule has 0 unspecified atom stereocenters. The summed E-state index contributed by atoms with van der Waals surface area (Å²) < 4.78 is 1.70. The van der Waals surface area contributed by atoms with Crippen LogP contribution in [0, 0.1) is 0 Å². The monoisotopic (exact) mass is 350 g/mol. The van der Waals surface area contributed by atoms with Crippen LogP contribution < -0.4 is 10.6 Å². The predicted octanol–water partition coefficient (Wildman–Crippen LogP) is 3.05. The smallest absolute Gasteiger partial charge is 0.249 e. The van der Waals surface area contributed by atoms with Gasteiger partial charge in [0.2, 0.25) is 11.9 Å². The standard InChI is InChI=1S/C19H22N6O/c26-17(12-14-6-4-10-20-13-14)22-19-23-18-16(9-5-11-25(18)24-19)21-15-7-2-1-3-8-15/h4-6,9-11,13,15,21H,1-3,7-8,12H2,(H,22,24,26). The molecule has 26 heavy (non-hydrogen) atoms. The number of nitrogens with zero attached hydrogens (tertiary/aromatic N) is 4. The lowest BCUT2D eigenvalue weighted by atomic mass is 9.95. The Morgan fingerprint density at radius 3 is 2.88 bits per heavy atom. The van der Waals surface area contributed by atoms with E-state index in [0.29, 0.717) is 12.0 Å². The number of aromatic nitrogens is 4. The maximum atomic E-state index is 12.2. The molecule has 4 rings (SSSR count). The number of anilines is 2. The van der Waals surface area contributed by atoms with E-state index < -0.39 is 0 Å². The average Bonchev–Trinajstić information content (AvgIpc) is 3.07. The van der Waals surface area contributed by atoms with Crippen molar-refractivity contribution < 1.29 is 4.79 Å². The third kappa shape index (κ3) is 3.82. The van der Waals surface area contributed by atoms with E-state index in [4.69, 9.17) is 0 Å². The van der Waals surface area contributed by atoms with Gasteiger partial charge in [0.25, 0.3) is 0 Å². The van der Waals surface area contributed by atoms with Gasteiger partial charge in [-0.05, 0) is 36.6 Å². The van der Waals surface area contributed by atoms with E-state index in [1.165, 1.54) is 32.1 Å². The first-order valence-electron chi connectivity index (χ1n) is 9.08. The summed E-state index contributed by atoms with van der Waals surface area (Å²) in [4.78, 5) is 20.7. The summed E-state index contributed by atoms with van der Waals surface area (Å²) >= 11 is 0. The van der Waals surface area contributed by atoms with Crippen molar-refractivity contribution >= 4 is 23.2 Å². The largest absolute Gasteiger partial charge is 0.379 e. The van der Waals surface area contributed by atoms with Crippen molar-refractivity contribution in [2.24, 2.45) is 0 Å². The normalized spacial score (nSPS) is 15.1. The quantitative estimate of drug-likeness (QED) is 0.739. The Balaban J connectivity index is 1.48. The van der Waals surface area contributed by atoms with Crippen LogP contribution in [0.5, 0.6) is 0 Å². The number of carbonyl (C=O) groups is 1. The summed E-state index contributed by atoms with van der Waals surface area (Å²) in [5.74, 6) is 0.160. The third-order valence-corrected chi connectivity index (χ3v) is 4.67. The fourth-order valence-electron chi connectivity index (χ4n) is 3.40. The molecule has 0 atom stereocenters. The van der Waals surface area contributed by atoms with Crippen LogP contribution in [0.3, 0.4) is 0 Å². The molecule has 0 aromatic carbocycles. The Labute approximate surface area is 151 Å². The number of pyridine rings is 2. The summed E-state index contributed by atoms with van der Waals surface area (Å²) in [5, 5.41) is 10.7. The van der Waals surface area contributed by atoms with Gasteiger partial charge >= 0.3 is 0 Å². The van der Waals surface area contributed by atoms with E-state index in [0.717, 1.165) is 16.9 Å². The molecule has 1 aliphatic carbocycles. The first-order valence-corrected chi connectivity index (χ1v) is 9.08. The Kier molecular flexibility index (Phi) is 4.77. The van der Waals surface area contributed by atoms with Gasteiger partial charge in [-0.25, -0.2) is 4.52 Å². The van der Waals surface area contributed by atoms with Gasteiger partial charge in [-0.1, -0.05) is 25.3 Å². The number of hydrogen-bond acceptors (Lipinski definition) is 5. The molecule has 1 amide bonds. The maximum absolute atomic E-state index is 12.2. The van der Waals surface area contributed by atoms with Gasteiger partial charge in [-0.3, -0.25) is 15.1 Å². The van der Waals surface area contributed by atoms with E-state index >= 15 is 0 Å². The molecule has 0 radical (unpaired) electrons. The minimum atomic E-state index is -0.157. The molecule has 134 valence electrons. The molecule has 1 aliphatic rings. The number of nitrogens with one attached hydrogen (secondary N) is 2. The van der Waals surface area contributed by atoms with Crippen molar-refractivity contribution in [2.75, 3.05) is 10.6 Å². The van der Waals surface area contributed by atoms with Gasteiger partial charge in [0, 0.05) is 24.6 Å². The Morgan fingerprint density at radius 2 is 2.08 bits per heavy atom. The molecule has 3 heterocycles. The zero-order valence-corrected chi connectivity index (χ0v) is 14.6. The van der Waals surface area contributed by atoms with E-state index in [1.54, 1.807) is 16.9 Å². The molecule has 1 saturated carbocycles. The number of fused-ring (bicyclic) bond motifs is 1. The summed E-state index contributed by atoms with van der Waals surface area (Å²) in [6.07, 6.45) is 11.7. The van der Waals surface area contributed by atoms with Gasteiger partial charge in [0.05, 0.1) is 12.1 Å². The van der Waals surface area contributed by atoms with E-state index in [-0.39, 0.29) is 12.3 Å². The highest BCUT2D eigenvalue weighted by atomic mass is 16.1. The third-order valence-electron chi connectivity index (χ3n) is 4.67. The molecule has 7 heteroatoms. The molecule has 3 aromatic heterocycles. The van der Waals surface area contributed by atoms with Crippen LogP contribution >= 0.6 is 0 Å². The van der Waals surface area contributed by atoms with Crippen molar-refractivity contribution in [1.82, 2.24) is 19.6 Å². The van der Waals surface area contributed by atoms with Crippen LogP contribution in [0.4, 0.5) is 11.6 Å². The second-order valence-electron chi connectivity index (χ2n) is 6.69. The lowest BCUT2D eigenvalue weighted by molar-refractivity contribution is -0.115. The van der Waals surface area contributed by atoms with Gasteiger partial charge < -0.3 is 5.32 Å².